The van der Waals surface area contributed by atoms with Crippen LogP contribution in [0, 0.1) is 11.9 Å². The van der Waals surface area contributed by atoms with Gasteiger partial charge in [0.1, 0.15) is 17.4 Å². The summed E-state index contributed by atoms with van der Waals surface area (Å²) in [4.78, 5) is 10.5. The van der Waals surface area contributed by atoms with Crippen molar-refractivity contribution in [3.8, 4) is 67.5 Å². The number of nitrogens with zero attached hydrogens (tertiary/aromatic N) is 3. The number of aromatic nitrogens is 3. The maximum atomic E-state index is 14.4. The SMILES string of the molecule is CC(C)(C)c1cc(-c2cc(-c3cccc(F)c3)ccn2)[c-]c(-c2cccc3c2nc(-c2cc(C(C)(C)C)cc(C(C)(C)C)c2O)n3-c2ccc(C(C)(C)C)cc2-c2ccccc2)c1.[Pt]. The van der Waals surface area contributed by atoms with Crippen molar-refractivity contribution in [3.05, 3.63) is 168 Å². The van der Waals surface area contributed by atoms with E-state index in [4.69, 9.17) is 9.97 Å². The van der Waals surface area contributed by atoms with E-state index in [1.165, 1.54) is 11.6 Å². The van der Waals surface area contributed by atoms with Crippen molar-refractivity contribution in [1.29, 1.82) is 0 Å². The van der Waals surface area contributed by atoms with Crippen LogP contribution in [0.4, 0.5) is 4.39 Å². The summed E-state index contributed by atoms with van der Waals surface area (Å²) in [6.45, 7) is 26.5. The fourth-order valence-electron chi connectivity index (χ4n) is 8.31. The topological polar surface area (TPSA) is 50.9 Å². The molecule has 8 aromatic rings. The van der Waals surface area contributed by atoms with Gasteiger partial charge in [-0.15, -0.1) is 29.3 Å². The number of para-hydroxylation sites is 1. The van der Waals surface area contributed by atoms with Gasteiger partial charge in [-0.25, -0.2) is 9.37 Å². The number of benzene rings is 6. The summed E-state index contributed by atoms with van der Waals surface area (Å²) >= 11 is 0. The number of hydrogen-bond acceptors (Lipinski definition) is 3. The number of aromatic hydroxyl groups is 1. The van der Waals surface area contributed by atoms with Gasteiger partial charge >= 0.3 is 0 Å². The van der Waals surface area contributed by atoms with E-state index in [-0.39, 0.29) is 54.3 Å². The van der Waals surface area contributed by atoms with E-state index in [0.717, 1.165) is 78.0 Å². The average Bonchev–Trinajstić information content (AvgIpc) is 3.61. The third kappa shape index (κ3) is 9.15. The Labute approximate surface area is 394 Å². The minimum absolute atomic E-state index is 0. The van der Waals surface area contributed by atoms with Gasteiger partial charge in [-0.2, -0.15) is 0 Å². The molecule has 0 aliphatic heterocycles. The van der Waals surface area contributed by atoms with Crippen molar-refractivity contribution < 1.29 is 30.6 Å². The second-order valence-electron chi connectivity index (χ2n) is 21.1. The number of pyridine rings is 1. The fraction of sp³-hybridized carbons (Fsp3) is 0.276. The number of halogens is 1. The van der Waals surface area contributed by atoms with Gasteiger partial charge in [-0.05, 0) is 91.9 Å². The standard InChI is InChI=1S/C58H59FN3O.Pt/c1-55(2,3)41-24-25-50(46(33-41)36-18-14-13-15-19-36)62-51-23-17-22-45(52(51)61-54(62)47-34-43(57(7,8)9)35-48(53(47)63)58(10,11)12)39-28-40(30-42(29-39)56(4,5)6)49-32-38(26-27-60-49)37-20-16-21-44(59)31-37;/h13-27,29-35,63H,1-12H3;/q-1;. The molecule has 0 saturated carbocycles. The van der Waals surface area contributed by atoms with Crippen LogP contribution in [0.5, 0.6) is 5.75 Å². The number of phenols is 1. The molecule has 2 heterocycles. The van der Waals surface area contributed by atoms with E-state index in [1.54, 1.807) is 18.3 Å². The average molecular weight is 1030 g/mol. The van der Waals surface area contributed by atoms with E-state index in [2.05, 4.69) is 185 Å². The molecule has 8 rings (SSSR count). The Hall–Kier alpha value is -5.64. The third-order valence-electron chi connectivity index (χ3n) is 12.1. The third-order valence-corrected chi connectivity index (χ3v) is 12.1. The van der Waals surface area contributed by atoms with Crippen LogP contribution < -0.4 is 0 Å². The summed E-state index contributed by atoms with van der Waals surface area (Å²) in [5.41, 5.74) is 14.0. The number of fused-ring (bicyclic) bond motifs is 1. The van der Waals surface area contributed by atoms with E-state index in [0.29, 0.717) is 11.4 Å². The number of rotatable bonds is 6. The van der Waals surface area contributed by atoms with Gasteiger partial charge in [-0.3, -0.25) is 9.55 Å². The summed E-state index contributed by atoms with van der Waals surface area (Å²) in [5, 5.41) is 12.5. The molecule has 0 bridgehead atoms. The molecule has 4 nitrogen and oxygen atoms in total. The van der Waals surface area contributed by atoms with Crippen molar-refractivity contribution in [2.45, 2.75) is 105 Å². The molecule has 6 aromatic carbocycles. The molecule has 0 aliphatic carbocycles. The van der Waals surface area contributed by atoms with Crippen LogP contribution in [-0.2, 0) is 42.7 Å². The molecule has 0 atom stereocenters. The van der Waals surface area contributed by atoms with Gasteiger partial charge in [0.05, 0.1) is 22.3 Å². The van der Waals surface area contributed by atoms with E-state index in [9.17, 15) is 9.50 Å². The maximum Gasteiger partial charge on any atom is 0.148 e. The number of imidazole rings is 1. The zero-order valence-corrected chi connectivity index (χ0v) is 41.5. The summed E-state index contributed by atoms with van der Waals surface area (Å²) in [5.74, 6) is 0.605. The quantitative estimate of drug-likeness (QED) is 0.169. The number of phenolic OH excluding ortho intramolecular Hbond substituents is 1. The molecular weight excluding hydrogens is 969 g/mol. The first kappa shape index (κ1) is 46.4. The van der Waals surface area contributed by atoms with Crippen LogP contribution in [0.25, 0.3) is 72.7 Å². The molecule has 0 unspecified atom stereocenters. The van der Waals surface area contributed by atoms with Crippen LogP contribution in [0.2, 0.25) is 0 Å². The van der Waals surface area contributed by atoms with Gasteiger partial charge in [0.2, 0.25) is 0 Å². The second kappa shape index (κ2) is 17.1. The molecular formula is C58H59FN3OPt-. The Morgan fingerprint density at radius 2 is 1.14 bits per heavy atom. The van der Waals surface area contributed by atoms with Crippen LogP contribution in [0.3, 0.4) is 0 Å². The molecule has 2 aromatic heterocycles. The van der Waals surface area contributed by atoms with E-state index >= 15 is 0 Å². The van der Waals surface area contributed by atoms with Crippen molar-refractivity contribution in [2.24, 2.45) is 0 Å². The van der Waals surface area contributed by atoms with Gasteiger partial charge in [0, 0.05) is 44.1 Å². The van der Waals surface area contributed by atoms with Crippen LogP contribution in [-0.4, -0.2) is 19.6 Å². The number of hydrogen-bond donors (Lipinski definition) is 1. The Morgan fingerprint density at radius 3 is 1.80 bits per heavy atom. The predicted octanol–water partition coefficient (Wildman–Crippen LogP) is 15.6. The zero-order valence-electron chi connectivity index (χ0n) is 39.2. The maximum absolute atomic E-state index is 14.4. The minimum Gasteiger partial charge on any atom is -0.507 e. The Kier molecular flexibility index (Phi) is 12.4. The van der Waals surface area contributed by atoms with Crippen LogP contribution in [0.1, 0.15) is 105 Å². The van der Waals surface area contributed by atoms with Crippen LogP contribution >= 0.6 is 0 Å². The smallest absolute Gasteiger partial charge is 0.148 e. The Balaban J connectivity index is 0.00000612. The second-order valence-corrected chi connectivity index (χ2v) is 21.1. The van der Waals surface area contributed by atoms with E-state index < -0.39 is 0 Å². The molecule has 0 saturated heterocycles. The largest absolute Gasteiger partial charge is 0.507 e. The van der Waals surface area contributed by atoms with Crippen molar-refractivity contribution in [3.63, 3.8) is 0 Å². The molecule has 0 fully saturated rings. The monoisotopic (exact) mass is 1030 g/mol. The van der Waals surface area contributed by atoms with Gasteiger partial charge in [0.25, 0.3) is 0 Å². The van der Waals surface area contributed by atoms with Crippen molar-refractivity contribution >= 4 is 11.0 Å². The van der Waals surface area contributed by atoms with Crippen molar-refractivity contribution in [1.82, 2.24) is 14.5 Å². The first-order chi connectivity index (χ1) is 29.6. The fourth-order valence-corrected chi connectivity index (χ4v) is 8.31. The van der Waals surface area contributed by atoms with Crippen molar-refractivity contribution in [2.75, 3.05) is 0 Å². The van der Waals surface area contributed by atoms with Gasteiger partial charge < -0.3 is 5.11 Å². The Bertz CT molecular complexity index is 3010. The molecule has 0 radical (unpaired) electrons. The molecule has 6 heteroatoms. The summed E-state index contributed by atoms with van der Waals surface area (Å²) in [6.07, 6.45) is 1.78. The first-order valence-electron chi connectivity index (χ1n) is 22.0. The summed E-state index contributed by atoms with van der Waals surface area (Å²) < 4.78 is 16.6. The molecule has 0 spiro atoms. The molecule has 330 valence electrons. The molecule has 0 aliphatic rings. The summed E-state index contributed by atoms with van der Waals surface area (Å²) in [6, 6.07) is 46.7. The molecule has 0 amide bonds. The summed E-state index contributed by atoms with van der Waals surface area (Å²) in [7, 11) is 0. The molecule has 64 heavy (non-hydrogen) atoms. The first-order valence-corrected chi connectivity index (χ1v) is 22.0. The minimum atomic E-state index is -0.343. The van der Waals surface area contributed by atoms with Gasteiger partial charge in [-0.1, -0.05) is 167 Å². The normalized spacial score (nSPS) is 12.4. The van der Waals surface area contributed by atoms with Gasteiger partial charge in [0.15, 0.2) is 0 Å². The van der Waals surface area contributed by atoms with Crippen LogP contribution in [0.15, 0.2) is 134 Å². The Morgan fingerprint density at radius 1 is 0.531 bits per heavy atom. The zero-order chi connectivity index (χ0) is 45.2. The van der Waals surface area contributed by atoms with E-state index in [1.807, 2.05) is 18.2 Å². The predicted molar refractivity (Wildman–Crippen MR) is 261 cm³/mol. The molecule has 1 N–H and O–H groups in total.